The Morgan fingerprint density at radius 3 is 2.83 bits per heavy atom. The van der Waals surface area contributed by atoms with Gasteiger partial charge in [0.05, 0.1) is 0 Å². The lowest BCUT2D eigenvalue weighted by molar-refractivity contribution is -0.122. The van der Waals surface area contributed by atoms with Crippen LogP contribution in [0.2, 0.25) is 0 Å². The van der Waals surface area contributed by atoms with E-state index in [0.717, 1.165) is 17.3 Å². The van der Waals surface area contributed by atoms with Gasteiger partial charge in [-0.1, -0.05) is 22.0 Å². The lowest BCUT2D eigenvalue weighted by Gasteiger charge is -2.07. The van der Waals surface area contributed by atoms with Gasteiger partial charge in [-0.25, -0.2) is 4.39 Å². The van der Waals surface area contributed by atoms with E-state index in [-0.39, 0.29) is 17.6 Å². The molecule has 0 radical (unpaired) electrons. The third-order valence-corrected chi connectivity index (χ3v) is 3.37. The molecule has 1 saturated carbocycles. The summed E-state index contributed by atoms with van der Waals surface area (Å²) in [5.74, 6) is 0.166. The highest BCUT2D eigenvalue weighted by Crippen LogP contribution is 2.28. The molecule has 1 fully saturated rings. The molecule has 2 rings (SSSR count). The molecule has 1 aliphatic carbocycles. The van der Waals surface area contributed by atoms with Crippen LogP contribution >= 0.6 is 15.9 Å². The van der Waals surface area contributed by atoms with Crippen LogP contribution in [-0.4, -0.2) is 19.0 Å². The van der Waals surface area contributed by atoms with Gasteiger partial charge in [-0.15, -0.1) is 0 Å². The quantitative estimate of drug-likeness (QED) is 0.790. The highest BCUT2D eigenvalue weighted by Gasteiger charge is 2.28. The van der Waals surface area contributed by atoms with E-state index in [1.165, 1.54) is 6.07 Å². The average Bonchev–Trinajstić information content (AvgIpc) is 3.15. The van der Waals surface area contributed by atoms with Gasteiger partial charge in [0.15, 0.2) is 0 Å². The molecule has 0 aliphatic heterocycles. The zero-order valence-corrected chi connectivity index (χ0v) is 11.6. The second-order valence-corrected chi connectivity index (χ2v) is 5.39. The molecule has 98 valence electrons. The standard InChI is InChI=1S/C13H16BrFN2O/c14-11-4-3-10(12(15)7-11)8-16-5-6-17-13(18)9-1-2-9/h3-4,7,9,16H,1-2,5-6,8H2,(H,17,18). The fourth-order valence-corrected chi connectivity index (χ4v) is 1.99. The maximum Gasteiger partial charge on any atom is 0.223 e. The lowest BCUT2D eigenvalue weighted by Crippen LogP contribution is -2.32. The van der Waals surface area contributed by atoms with Crippen LogP contribution in [0.5, 0.6) is 0 Å². The van der Waals surface area contributed by atoms with E-state index < -0.39 is 0 Å². The Bertz CT molecular complexity index is 435. The van der Waals surface area contributed by atoms with Crippen LogP contribution in [0.25, 0.3) is 0 Å². The minimum absolute atomic E-state index is 0.145. The van der Waals surface area contributed by atoms with Crippen molar-refractivity contribution in [2.45, 2.75) is 19.4 Å². The summed E-state index contributed by atoms with van der Waals surface area (Å²) in [5.41, 5.74) is 0.631. The maximum atomic E-state index is 13.5. The van der Waals surface area contributed by atoms with Crippen molar-refractivity contribution in [3.63, 3.8) is 0 Å². The molecule has 0 aromatic heterocycles. The molecule has 1 amide bonds. The molecular weight excluding hydrogens is 299 g/mol. The van der Waals surface area contributed by atoms with Crippen molar-refractivity contribution in [2.24, 2.45) is 5.92 Å². The lowest BCUT2D eigenvalue weighted by atomic mass is 10.2. The molecule has 2 N–H and O–H groups in total. The summed E-state index contributed by atoms with van der Waals surface area (Å²) in [5, 5.41) is 5.96. The van der Waals surface area contributed by atoms with Gasteiger partial charge in [-0.05, 0) is 25.0 Å². The van der Waals surface area contributed by atoms with Crippen molar-refractivity contribution >= 4 is 21.8 Å². The Hall–Kier alpha value is -0.940. The van der Waals surface area contributed by atoms with E-state index in [4.69, 9.17) is 0 Å². The van der Waals surface area contributed by atoms with Crippen LogP contribution in [-0.2, 0) is 11.3 Å². The van der Waals surface area contributed by atoms with Gasteiger partial charge < -0.3 is 10.6 Å². The third kappa shape index (κ3) is 4.07. The zero-order valence-electron chi connectivity index (χ0n) is 10.0. The monoisotopic (exact) mass is 314 g/mol. The summed E-state index contributed by atoms with van der Waals surface area (Å²) in [4.78, 5) is 11.3. The average molecular weight is 315 g/mol. The first-order chi connectivity index (χ1) is 8.66. The molecule has 0 heterocycles. The summed E-state index contributed by atoms with van der Waals surface area (Å²) in [7, 11) is 0. The summed E-state index contributed by atoms with van der Waals surface area (Å²) in [6, 6.07) is 5.01. The summed E-state index contributed by atoms with van der Waals surface area (Å²) >= 11 is 3.22. The number of rotatable bonds is 6. The SMILES string of the molecule is O=C(NCCNCc1ccc(Br)cc1F)C1CC1. The number of hydrogen-bond donors (Lipinski definition) is 2. The first-order valence-corrected chi connectivity index (χ1v) is 6.88. The first kappa shape index (κ1) is 13.5. The zero-order chi connectivity index (χ0) is 13.0. The molecule has 0 atom stereocenters. The van der Waals surface area contributed by atoms with Gasteiger partial charge in [0.1, 0.15) is 5.82 Å². The van der Waals surface area contributed by atoms with E-state index in [1.807, 2.05) is 6.07 Å². The summed E-state index contributed by atoms with van der Waals surface area (Å²) in [6.45, 7) is 1.71. The second kappa shape index (κ2) is 6.29. The molecule has 0 spiro atoms. The molecule has 1 aliphatic rings. The van der Waals surface area contributed by atoms with E-state index in [1.54, 1.807) is 6.07 Å². The van der Waals surface area contributed by atoms with Crippen molar-refractivity contribution in [1.82, 2.24) is 10.6 Å². The predicted octanol–water partition coefficient (Wildman–Crippen LogP) is 2.20. The number of carbonyl (C=O) groups excluding carboxylic acids is 1. The minimum atomic E-state index is -0.223. The molecule has 1 aromatic carbocycles. The minimum Gasteiger partial charge on any atom is -0.355 e. The Morgan fingerprint density at radius 2 is 2.17 bits per heavy atom. The molecule has 0 bridgehead atoms. The number of hydrogen-bond acceptors (Lipinski definition) is 2. The summed E-state index contributed by atoms with van der Waals surface area (Å²) in [6.07, 6.45) is 2.03. The van der Waals surface area contributed by atoms with Crippen LogP contribution < -0.4 is 10.6 Å². The van der Waals surface area contributed by atoms with Crippen LogP contribution in [0.15, 0.2) is 22.7 Å². The van der Waals surface area contributed by atoms with Crippen molar-refractivity contribution in [2.75, 3.05) is 13.1 Å². The van der Waals surface area contributed by atoms with Gasteiger partial charge in [0.25, 0.3) is 0 Å². The van der Waals surface area contributed by atoms with E-state index in [2.05, 4.69) is 26.6 Å². The van der Waals surface area contributed by atoms with E-state index in [9.17, 15) is 9.18 Å². The second-order valence-electron chi connectivity index (χ2n) is 4.48. The van der Waals surface area contributed by atoms with Crippen LogP contribution in [0.1, 0.15) is 18.4 Å². The van der Waals surface area contributed by atoms with Crippen molar-refractivity contribution in [1.29, 1.82) is 0 Å². The molecule has 1 aromatic rings. The number of amides is 1. The Kier molecular flexibility index (Phi) is 4.72. The van der Waals surface area contributed by atoms with Gasteiger partial charge in [0.2, 0.25) is 5.91 Å². The van der Waals surface area contributed by atoms with Crippen LogP contribution in [0, 0.1) is 11.7 Å². The Morgan fingerprint density at radius 1 is 1.39 bits per heavy atom. The normalized spacial score (nSPS) is 14.6. The Labute approximate surface area is 114 Å². The number of halogens is 2. The molecule has 0 unspecified atom stereocenters. The fraction of sp³-hybridized carbons (Fsp3) is 0.462. The van der Waals surface area contributed by atoms with Crippen molar-refractivity contribution < 1.29 is 9.18 Å². The highest BCUT2D eigenvalue weighted by molar-refractivity contribution is 9.10. The first-order valence-electron chi connectivity index (χ1n) is 6.09. The van der Waals surface area contributed by atoms with Crippen LogP contribution in [0.3, 0.4) is 0 Å². The number of nitrogens with one attached hydrogen (secondary N) is 2. The van der Waals surface area contributed by atoms with Gasteiger partial charge in [-0.2, -0.15) is 0 Å². The maximum absolute atomic E-state index is 13.5. The molecule has 3 nitrogen and oxygen atoms in total. The fourth-order valence-electron chi connectivity index (χ4n) is 1.65. The van der Waals surface area contributed by atoms with E-state index >= 15 is 0 Å². The highest BCUT2D eigenvalue weighted by atomic mass is 79.9. The summed E-state index contributed by atoms with van der Waals surface area (Å²) < 4.78 is 14.2. The molecular formula is C13H16BrFN2O. The van der Waals surface area contributed by atoms with Crippen molar-refractivity contribution in [3.05, 3.63) is 34.1 Å². The molecule has 18 heavy (non-hydrogen) atoms. The Balaban J connectivity index is 1.63. The smallest absolute Gasteiger partial charge is 0.223 e. The van der Waals surface area contributed by atoms with Gasteiger partial charge in [0, 0.05) is 35.6 Å². The topological polar surface area (TPSA) is 41.1 Å². The molecule has 5 heteroatoms. The van der Waals surface area contributed by atoms with Crippen molar-refractivity contribution in [3.8, 4) is 0 Å². The third-order valence-electron chi connectivity index (χ3n) is 2.88. The number of benzene rings is 1. The van der Waals surface area contributed by atoms with Gasteiger partial charge >= 0.3 is 0 Å². The number of carbonyl (C=O) groups is 1. The van der Waals surface area contributed by atoms with E-state index in [0.29, 0.717) is 25.2 Å². The van der Waals surface area contributed by atoms with Crippen LogP contribution in [0.4, 0.5) is 4.39 Å². The largest absolute Gasteiger partial charge is 0.355 e. The van der Waals surface area contributed by atoms with Gasteiger partial charge in [-0.3, -0.25) is 4.79 Å². The molecule has 0 saturated heterocycles. The predicted molar refractivity (Wildman–Crippen MR) is 71.5 cm³/mol.